The van der Waals surface area contributed by atoms with Crippen molar-refractivity contribution in [3.63, 3.8) is 0 Å². The smallest absolute Gasteiger partial charge is 0.0541 e. The van der Waals surface area contributed by atoms with Gasteiger partial charge in [0.25, 0.3) is 0 Å². The summed E-state index contributed by atoms with van der Waals surface area (Å²) in [5.74, 6) is 0.467. The highest BCUT2D eigenvalue weighted by Crippen LogP contribution is 2.43. The minimum atomic E-state index is 0.0405. The van der Waals surface area contributed by atoms with Gasteiger partial charge in [-0.25, -0.2) is 0 Å². The van der Waals surface area contributed by atoms with E-state index in [1.54, 1.807) is 0 Å². The molecule has 0 saturated carbocycles. The Kier molecular flexibility index (Phi) is 8.46. The van der Waals surface area contributed by atoms with Gasteiger partial charge in [0.2, 0.25) is 0 Å². The third-order valence-corrected chi connectivity index (χ3v) is 12.5. The fourth-order valence-electron chi connectivity index (χ4n) is 9.21. The highest BCUT2D eigenvalue weighted by Gasteiger charge is 2.30. The molecule has 10 rings (SSSR count). The number of fused-ring (bicyclic) bond motifs is 6. The van der Waals surface area contributed by atoms with Gasteiger partial charge in [-0.05, 0) is 134 Å². The van der Waals surface area contributed by atoms with E-state index in [4.69, 9.17) is 0 Å². The van der Waals surface area contributed by atoms with Crippen LogP contribution in [0.4, 0.5) is 0 Å². The molecule has 7 aromatic carbocycles. The van der Waals surface area contributed by atoms with Crippen molar-refractivity contribution in [2.45, 2.75) is 53.4 Å². The lowest BCUT2D eigenvalue weighted by Crippen LogP contribution is -2.22. The van der Waals surface area contributed by atoms with Gasteiger partial charge < -0.3 is 9.13 Å². The van der Waals surface area contributed by atoms with Gasteiger partial charge in [-0.1, -0.05) is 151 Å². The summed E-state index contributed by atoms with van der Waals surface area (Å²) in [5.41, 5.74) is 17.4. The van der Waals surface area contributed by atoms with Crippen LogP contribution in [0.1, 0.15) is 58.4 Å². The predicted molar refractivity (Wildman–Crippen MR) is 248 cm³/mol. The molecule has 0 aliphatic heterocycles. The Morgan fingerprint density at radius 1 is 0.431 bits per heavy atom. The molecule has 1 atom stereocenters. The zero-order valence-electron chi connectivity index (χ0n) is 34.4. The molecule has 58 heavy (non-hydrogen) atoms. The van der Waals surface area contributed by atoms with Crippen molar-refractivity contribution in [1.29, 1.82) is 0 Å². The zero-order chi connectivity index (χ0) is 39.8. The number of benzene rings is 7. The molecule has 1 unspecified atom stereocenters. The average molecular weight is 751 g/mol. The minimum absolute atomic E-state index is 0.0405. The van der Waals surface area contributed by atoms with Gasteiger partial charge in [-0.3, -0.25) is 0 Å². The summed E-state index contributed by atoms with van der Waals surface area (Å²) < 4.78 is 5.02. The van der Waals surface area contributed by atoms with Crippen molar-refractivity contribution in [3.05, 3.63) is 187 Å². The Balaban J connectivity index is 1.28. The normalized spacial score (nSPS) is 14.4. The van der Waals surface area contributed by atoms with Gasteiger partial charge in [-0.2, -0.15) is 0 Å². The van der Waals surface area contributed by atoms with Crippen LogP contribution in [0.2, 0.25) is 0 Å². The van der Waals surface area contributed by atoms with Crippen molar-refractivity contribution < 1.29 is 0 Å². The summed E-state index contributed by atoms with van der Waals surface area (Å²) in [5, 5.41) is 3.90. The Labute approximate surface area is 342 Å². The summed E-state index contributed by atoms with van der Waals surface area (Å²) in [6.07, 6.45) is 5.88. The number of hydrogen-bond acceptors (Lipinski definition) is 0. The third kappa shape index (κ3) is 6.19. The van der Waals surface area contributed by atoms with E-state index in [0.717, 1.165) is 17.8 Å². The number of nitrogens with zero attached hydrogens (tertiary/aromatic N) is 2. The summed E-state index contributed by atoms with van der Waals surface area (Å²) in [6.45, 7) is 14.0. The van der Waals surface area contributed by atoms with Gasteiger partial charge in [0.15, 0.2) is 0 Å². The maximum atomic E-state index is 2.53. The van der Waals surface area contributed by atoms with E-state index in [1.165, 1.54) is 82.9 Å². The van der Waals surface area contributed by atoms with Crippen molar-refractivity contribution in [2.24, 2.45) is 11.3 Å². The maximum absolute atomic E-state index is 2.53. The van der Waals surface area contributed by atoms with Gasteiger partial charge in [0.05, 0.1) is 16.6 Å². The lowest BCUT2D eigenvalue weighted by molar-refractivity contribution is 0.291. The summed E-state index contributed by atoms with van der Waals surface area (Å²) in [4.78, 5) is 0. The number of rotatable bonds is 5. The lowest BCUT2D eigenvalue weighted by Gasteiger charge is -2.30. The second kappa shape index (κ2) is 13.6. The van der Waals surface area contributed by atoms with E-state index in [9.17, 15) is 0 Å². The van der Waals surface area contributed by atoms with Crippen LogP contribution in [0.3, 0.4) is 0 Å². The van der Waals surface area contributed by atoms with E-state index in [2.05, 4.69) is 227 Å². The van der Waals surface area contributed by atoms with E-state index in [-0.39, 0.29) is 10.8 Å². The number of para-hydroxylation sites is 2. The second-order valence-electron chi connectivity index (χ2n) is 18.4. The van der Waals surface area contributed by atoms with Crippen LogP contribution in [-0.4, -0.2) is 9.13 Å². The molecule has 2 aromatic heterocycles. The largest absolute Gasteiger partial charge is 0.309 e. The van der Waals surface area contributed by atoms with E-state index in [0.29, 0.717) is 5.92 Å². The van der Waals surface area contributed by atoms with E-state index < -0.39 is 0 Å². The van der Waals surface area contributed by atoms with Crippen molar-refractivity contribution in [3.8, 4) is 44.8 Å². The summed E-state index contributed by atoms with van der Waals surface area (Å²) in [7, 11) is 0. The molecule has 9 aromatic rings. The van der Waals surface area contributed by atoms with Crippen molar-refractivity contribution >= 4 is 38.8 Å². The molecular formula is C56H50N2. The van der Waals surface area contributed by atoms with Crippen LogP contribution in [0.5, 0.6) is 0 Å². The van der Waals surface area contributed by atoms with Gasteiger partial charge >= 0.3 is 0 Å². The summed E-state index contributed by atoms with van der Waals surface area (Å²) in [6, 6.07) is 61.0. The standard InChI is InChI=1S/C56H50N2/c1-55(2,3)43-25-27-53-49(34-43)47-21-13-15-23-51(47)57(53)45-32-42(41-30-39(37-17-9-7-10-18-37)29-40(31-41)38-19-11-8-12-20-38)33-46(36-45)58-52-24-16-14-22-48(52)50-35-44(56(4,5)6)26-28-54(50)58/h7-34,36,44H,35H2,1-6H3. The molecule has 0 spiro atoms. The number of hydrogen-bond donors (Lipinski definition) is 0. The van der Waals surface area contributed by atoms with E-state index >= 15 is 0 Å². The highest BCUT2D eigenvalue weighted by atomic mass is 15.0. The highest BCUT2D eigenvalue weighted by molar-refractivity contribution is 6.09. The van der Waals surface area contributed by atoms with Crippen LogP contribution < -0.4 is 0 Å². The summed E-state index contributed by atoms with van der Waals surface area (Å²) >= 11 is 0. The van der Waals surface area contributed by atoms with Crippen LogP contribution in [0, 0.1) is 11.3 Å². The molecule has 0 bridgehead atoms. The molecule has 2 heterocycles. The molecule has 0 saturated heterocycles. The Hall–Kier alpha value is -6.38. The Morgan fingerprint density at radius 2 is 0.931 bits per heavy atom. The van der Waals surface area contributed by atoms with Crippen LogP contribution in [0.15, 0.2) is 170 Å². The van der Waals surface area contributed by atoms with Crippen molar-refractivity contribution in [1.82, 2.24) is 9.13 Å². The Bertz CT molecular complexity index is 2970. The van der Waals surface area contributed by atoms with Crippen LogP contribution in [-0.2, 0) is 11.8 Å². The predicted octanol–water partition coefficient (Wildman–Crippen LogP) is 15.3. The quantitative estimate of drug-likeness (QED) is 0.166. The molecule has 1 aliphatic rings. The molecular weight excluding hydrogens is 701 g/mol. The lowest BCUT2D eigenvalue weighted by atomic mass is 9.75. The average Bonchev–Trinajstić information content (AvgIpc) is 3.76. The SMILES string of the molecule is CC(C)(C)c1ccc2c(c1)c1ccccc1n2-c1cc(-c2cc(-c3ccccc3)cc(-c3ccccc3)c2)cc(-n2c3c(c4ccccc42)CC(C(C)(C)C)C=C3)c1. The molecule has 0 amide bonds. The molecule has 2 heteroatoms. The zero-order valence-corrected chi connectivity index (χ0v) is 34.4. The first kappa shape index (κ1) is 36.0. The Morgan fingerprint density at radius 3 is 1.53 bits per heavy atom. The first-order chi connectivity index (χ1) is 28.0. The molecule has 0 fully saturated rings. The number of allylic oxidation sites excluding steroid dienone is 1. The topological polar surface area (TPSA) is 9.86 Å². The van der Waals surface area contributed by atoms with Gasteiger partial charge in [-0.15, -0.1) is 0 Å². The molecule has 1 aliphatic carbocycles. The fraction of sp³-hybridized carbons (Fsp3) is 0.179. The van der Waals surface area contributed by atoms with E-state index in [1.807, 2.05) is 0 Å². The van der Waals surface area contributed by atoms with Crippen LogP contribution in [0.25, 0.3) is 83.5 Å². The van der Waals surface area contributed by atoms with Gasteiger partial charge in [0.1, 0.15) is 0 Å². The molecule has 284 valence electrons. The monoisotopic (exact) mass is 750 g/mol. The van der Waals surface area contributed by atoms with Crippen molar-refractivity contribution in [2.75, 3.05) is 0 Å². The molecule has 2 nitrogen and oxygen atoms in total. The third-order valence-electron chi connectivity index (χ3n) is 12.5. The van der Waals surface area contributed by atoms with Gasteiger partial charge in [0, 0.05) is 33.2 Å². The first-order valence-corrected chi connectivity index (χ1v) is 20.8. The fourth-order valence-corrected chi connectivity index (χ4v) is 9.21. The van der Waals surface area contributed by atoms with Crippen LogP contribution >= 0.6 is 0 Å². The maximum Gasteiger partial charge on any atom is 0.0541 e. The molecule has 0 radical (unpaired) electrons. The first-order valence-electron chi connectivity index (χ1n) is 20.8. The second-order valence-corrected chi connectivity index (χ2v) is 18.4. The number of aromatic nitrogens is 2. The minimum Gasteiger partial charge on any atom is -0.309 e. The molecule has 0 N–H and O–H groups in total.